The van der Waals surface area contributed by atoms with Gasteiger partial charge in [-0.05, 0) is 57.2 Å². The predicted octanol–water partition coefficient (Wildman–Crippen LogP) is 4.88. The largest absolute Gasteiger partial charge is 0.465 e. The number of hydrogen-bond donors (Lipinski definition) is 6. The lowest BCUT2D eigenvalue weighted by Gasteiger charge is -2.38. The fourth-order valence-corrected chi connectivity index (χ4v) is 5.22. The topological polar surface area (TPSA) is 157 Å². The summed E-state index contributed by atoms with van der Waals surface area (Å²) in [5, 5.41) is 28.1. The molecular weight excluding hydrogens is 536 g/mol. The Labute approximate surface area is 248 Å². The number of unbranched alkanes of at least 4 members (excludes halogenated alkanes) is 6. The van der Waals surface area contributed by atoms with Crippen molar-refractivity contribution in [1.82, 2.24) is 21.3 Å². The van der Waals surface area contributed by atoms with Gasteiger partial charge in [-0.15, -0.1) is 0 Å². The number of carboxylic acid groups (broad SMARTS) is 2. The zero-order valence-corrected chi connectivity index (χ0v) is 24.7. The quantitative estimate of drug-likeness (QED) is 0.128. The average Bonchev–Trinajstić information content (AvgIpc) is 2.94. The first-order chi connectivity index (χ1) is 20.1. The van der Waals surface area contributed by atoms with Crippen molar-refractivity contribution in [2.75, 3.05) is 6.54 Å². The summed E-state index contributed by atoms with van der Waals surface area (Å²) in [5.74, 6) is -1.12. The molecule has 0 fully saturated rings. The molecule has 2 atom stereocenters. The van der Waals surface area contributed by atoms with E-state index in [2.05, 4.69) is 34.9 Å². The highest BCUT2D eigenvalue weighted by Crippen LogP contribution is 2.27. The van der Waals surface area contributed by atoms with Gasteiger partial charge in [0.1, 0.15) is 0 Å². The van der Waals surface area contributed by atoms with Crippen LogP contribution in [0.1, 0.15) is 76.3 Å². The van der Waals surface area contributed by atoms with Gasteiger partial charge in [0.2, 0.25) is 11.8 Å². The molecule has 230 valence electrons. The van der Waals surface area contributed by atoms with E-state index >= 15 is 0 Å². The first-order valence-electron chi connectivity index (χ1n) is 14.8. The molecule has 10 heteroatoms. The molecule has 2 rings (SSSR count). The molecule has 0 saturated heterocycles. The van der Waals surface area contributed by atoms with Gasteiger partial charge in [0.15, 0.2) is 0 Å². The highest BCUT2D eigenvalue weighted by Gasteiger charge is 2.33. The van der Waals surface area contributed by atoms with Crippen LogP contribution in [0.5, 0.6) is 0 Å². The second-order valence-electron chi connectivity index (χ2n) is 11.0. The van der Waals surface area contributed by atoms with Crippen molar-refractivity contribution in [2.24, 2.45) is 0 Å². The zero-order valence-electron chi connectivity index (χ0n) is 24.7. The summed E-state index contributed by atoms with van der Waals surface area (Å²) in [4.78, 5) is 45.9. The number of imide groups is 2. The molecule has 0 saturated carbocycles. The Morgan fingerprint density at radius 2 is 1.07 bits per heavy atom. The molecule has 0 heterocycles. The SMILES string of the molecule is C[C@H](NCCCCCCCCCC(Cc1ccccc1)(Cc1ccccc1)N[C@@H](C)C(=O)NC(=O)O)C(=O)NC(=O)O. The van der Waals surface area contributed by atoms with E-state index < -0.39 is 41.6 Å². The van der Waals surface area contributed by atoms with E-state index in [1.54, 1.807) is 13.8 Å². The molecular formula is C32H46N4O6. The first kappa shape index (κ1) is 34.4. The molecule has 0 radical (unpaired) electrons. The summed E-state index contributed by atoms with van der Waals surface area (Å²) >= 11 is 0. The van der Waals surface area contributed by atoms with Gasteiger partial charge in [-0.3, -0.25) is 25.5 Å². The average molecular weight is 583 g/mol. The third-order valence-electron chi connectivity index (χ3n) is 7.32. The van der Waals surface area contributed by atoms with Crippen LogP contribution in [0, 0.1) is 0 Å². The van der Waals surface area contributed by atoms with Crippen molar-refractivity contribution in [2.45, 2.75) is 95.7 Å². The smallest absolute Gasteiger partial charge is 0.411 e. The molecule has 0 aliphatic carbocycles. The lowest BCUT2D eigenvalue weighted by atomic mass is 9.79. The number of carbonyl (C=O) groups excluding carboxylic acids is 2. The number of benzene rings is 2. The second kappa shape index (κ2) is 18.6. The molecule has 0 spiro atoms. The molecule has 0 aliphatic heterocycles. The van der Waals surface area contributed by atoms with Crippen LogP contribution in [0.3, 0.4) is 0 Å². The van der Waals surface area contributed by atoms with E-state index in [9.17, 15) is 19.2 Å². The summed E-state index contributed by atoms with van der Waals surface area (Å²) in [6.45, 7) is 3.99. The van der Waals surface area contributed by atoms with Crippen molar-refractivity contribution < 1.29 is 29.4 Å². The molecule has 0 unspecified atom stereocenters. The Kier molecular flexibility index (Phi) is 15.3. The van der Waals surface area contributed by atoms with Gasteiger partial charge >= 0.3 is 12.2 Å². The maximum atomic E-state index is 12.6. The fourth-order valence-electron chi connectivity index (χ4n) is 5.22. The van der Waals surface area contributed by atoms with Crippen LogP contribution in [0.25, 0.3) is 0 Å². The summed E-state index contributed by atoms with van der Waals surface area (Å²) < 4.78 is 0. The Morgan fingerprint density at radius 1 is 0.643 bits per heavy atom. The van der Waals surface area contributed by atoms with Crippen molar-refractivity contribution in [3.63, 3.8) is 0 Å². The van der Waals surface area contributed by atoms with Crippen LogP contribution in [0.15, 0.2) is 60.7 Å². The van der Waals surface area contributed by atoms with Gasteiger partial charge in [0.05, 0.1) is 12.1 Å². The first-order valence-corrected chi connectivity index (χ1v) is 14.8. The molecule has 10 nitrogen and oxygen atoms in total. The predicted molar refractivity (Wildman–Crippen MR) is 162 cm³/mol. The molecule has 0 aromatic heterocycles. The van der Waals surface area contributed by atoms with E-state index in [0.29, 0.717) is 19.4 Å². The highest BCUT2D eigenvalue weighted by molar-refractivity contribution is 5.94. The molecule has 42 heavy (non-hydrogen) atoms. The van der Waals surface area contributed by atoms with E-state index in [0.717, 1.165) is 62.5 Å². The zero-order chi connectivity index (χ0) is 30.8. The van der Waals surface area contributed by atoms with E-state index in [1.807, 2.05) is 47.0 Å². The molecule has 0 aliphatic rings. The van der Waals surface area contributed by atoms with E-state index in [1.165, 1.54) is 0 Å². The standard InChI is InChI=1S/C32H46N4O6/c1-24(28(37)34-30(39)40)33-21-15-7-5-3-4-6-14-20-32(22-26-16-10-8-11-17-26,23-27-18-12-9-13-19-27)36-25(2)29(38)35-31(41)42/h8-13,16-19,24-25,33,36H,3-7,14-15,20-23H2,1-2H3,(H,34,37)(H,35,38)(H,39,40)(H,41,42)/t24-,25-/m0/s1. The summed E-state index contributed by atoms with van der Waals surface area (Å²) in [5.41, 5.74) is 1.85. The lowest BCUT2D eigenvalue weighted by molar-refractivity contribution is -0.123. The third kappa shape index (κ3) is 13.7. The van der Waals surface area contributed by atoms with Crippen molar-refractivity contribution >= 4 is 24.0 Å². The molecule has 6 N–H and O–H groups in total. The van der Waals surface area contributed by atoms with Crippen molar-refractivity contribution in [1.29, 1.82) is 0 Å². The Balaban J connectivity index is 1.93. The van der Waals surface area contributed by atoms with Crippen LogP contribution in [-0.2, 0) is 22.4 Å². The fraction of sp³-hybridized carbons (Fsp3) is 0.500. The van der Waals surface area contributed by atoms with Crippen molar-refractivity contribution in [3.8, 4) is 0 Å². The molecule has 2 aromatic carbocycles. The van der Waals surface area contributed by atoms with Crippen LogP contribution in [-0.4, -0.2) is 58.4 Å². The van der Waals surface area contributed by atoms with Gasteiger partial charge in [0, 0.05) is 5.54 Å². The minimum Gasteiger partial charge on any atom is -0.465 e. The van der Waals surface area contributed by atoms with Gasteiger partial charge in [0.25, 0.3) is 0 Å². The minimum absolute atomic E-state index is 0.451. The van der Waals surface area contributed by atoms with Gasteiger partial charge in [-0.25, -0.2) is 9.59 Å². The number of rotatable bonds is 19. The van der Waals surface area contributed by atoms with Crippen LogP contribution < -0.4 is 21.3 Å². The van der Waals surface area contributed by atoms with Crippen molar-refractivity contribution in [3.05, 3.63) is 71.8 Å². The summed E-state index contributed by atoms with van der Waals surface area (Å²) in [6.07, 6.45) is 6.66. The minimum atomic E-state index is -1.36. The summed E-state index contributed by atoms with van der Waals surface area (Å²) in [7, 11) is 0. The monoisotopic (exact) mass is 582 g/mol. The molecule has 0 bridgehead atoms. The second-order valence-corrected chi connectivity index (χ2v) is 11.0. The number of hydrogen-bond acceptors (Lipinski definition) is 6. The number of amides is 4. The maximum absolute atomic E-state index is 12.6. The van der Waals surface area contributed by atoms with Crippen LogP contribution in [0.2, 0.25) is 0 Å². The van der Waals surface area contributed by atoms with Crippen LogP contribution >= 0.6 is 0 Å². The number of carbonyl (C=O) groups is 4. The van der Waals surface area contributed by atoms with Gasteiger partial charge in [-0.1, -0.05) is 99.2 Å². The summed E-state index contributed by atoms with van der Waals surface area (Å²) in [6, 6.07) is 19.0. The lowest BCUT2D eigenvalue weighted by Crippen LogP contribution is -2.57. The normalized spacial score (nSPS) is 12.7. The maximum Gasteiger partial charge on any atom is 0.411 e. The number of nitrogens with one attached hydrogen (secondary N) is 4. The molecule has 4 amide bonds. The molecule has 2 aromatic rings. The Hall–Kier alpha value is -3.76. The van der Waals surface area contributed by atoms with Gasteiger partial charge in [-0.2, -0.15) is 0 Å². The van der Waals surface area contributed by atoms with E-state index in [4.69, 9.17) is 10.2 Å². The van der Waals surface area contributed by atoms with Crippen LogP contribution in [0.4, 0.5) is 9.59 Å². The van der Waals surface area contributed by atoms with Gasteiger partial charge < -0.3 is 15.5 Å². The third-order valence-corrected chi connectivity index (χ3v) is 7.32. The Morgan fingerprint density at radius 3 is 1.55 bits per heavy atom. The Bertz CT molecular complexity index is 1070. The van der Waals surface area contributed by atoms with E-state index in [-0.39, 0.29) is 0 Å². The highest BCUT2D eigenvalue weighted by atomic mass is 16.4.